The predicted octanol–water partition coefficient (Wildman–Crippen LogP) is 16.8. The number of rotatable bonds is 41. The molecule has 318 valence electrons. The summed E-state index contributed by atoms with van der Waals surface area (Å²) in [6, 6.07) is 0. The second-order valence-corrected chi connectivity index (χ2v) is 17.3. The van der Waals surface area contributed by atoms with E-state index in [4.69, 9.17) is 9.47 Å². The second kappa shape index (κ2) is 47.1. The topological polar surface area (TPSA) is 52.6 Å². The van der Waals surface area contributed by atoms with Gasteiger partial charge in [0.2, 0.25) is 0 Å². The van der Waals surface area contributed by atoms with Gasteiger partial charge in [0.1, 0.15) is 0 Å². The van der Waals surface area contributed by atoms with Crippen molar-refractivity contribution in [1.82, 2.24) is 0 Å². The number of hydrogen-bond donors (Lipinski definition) is 0. The van der Waals surface area contributed by atoms with Crippen LogP contribution in [0.1, 0.15) is 279 Å². The first kappa shape index (κ1) is 54.0. The maximum absolute atomic E-state index is 11.5. The smallest absolute Gasteiger partial charge is 0.305 e. The number of unbranched alkanes of at least 4 members (excludes halogenated alkanes) is 31. The van der Waals surface area contributed by atoms with E-state index in [1.165, 1.54) is 199 Å². The number of ether oxygens (including phenoxy) is 2. The highest BCUT2D eigenvalue weighted by Gasteiger charge is 2.05. The Balaban J connectivity index is 0. The van der Waals surface area contributed by atoms with Crippen LogP contribution >= 0.6 is 0 Å². The van der Waals surface area contributed by atoms with Crippen LogP contribution in [0.2, 0.25) is 0 Å². The lowest BCUT2D eigenvalue weighted by atomic mass is 10.0. The molecule has 0 saturated heterocycles. The Morgan fingerprint density at radius 2 is 0.509 bits per heavy atom. The summed E-state index contributed by atoms with van der Waals surface area (Å²) < 4.78 is 10.6. The van der Waals surface area contributed by atoms with Gasteiger partial charge < -0.3 is 9.47 Å². The van der Waals surface area contributed by atoms with E-state index in [1.54, 1.807) is 0 Å². The molecule has 0 heterocycles. The van der Waals surface area contributed by atoms with Crippen molar-refractivity contribution in [2.45, 2.75) is 279 Å². The third kappa shape index (κ3) is 53.1. The highest BCUT2D eigenvalue weighted by Crippen LogP contribution is 2.16. The van der Waals surface area contributed by atoms with Gasteiger partial charge in [0.05, 0.1) is 13.2 Å². The molecule has 0 aliphatic carbocycles. The summed E-state index contributed by atoms with van der Waals surface area (Å²) in [5.74, 6) is 1.14. The lowest BCUT2D eigenvalue weighted by Crippen LogP contribution is -2.06. The molecule has 0 aromatic heterocycles. The molecule has 0 bridgehead atoms. The molecule has 0 fully saturated rings. The minimum Gasteiger partial charge on any atom is -0.466 e. The van der Waals surface area contributed by atoms with E-state index in [-0.39, 0.29) is 11.9 Å². The molecule has 0 rings (SSSR count). The van der Waals surface area contributed by atoms with Gasteiger partial charge in [0, 0.05) is 12.8 Å². The molecule has 0 atom stereocenters. The van der Waals surface area contributed by atoms with Crippen LogP contribution in [-0.4, -0.2) is 25.2 Å². The third-order valence-corrected chi connectivity index (χ3v) is 10.6. The van der Waals surface area contributed by atoms with Crippen molar-refractivity contribution in [1.29, 1.82) is 0 Å². The minimum absolute atomic E-state index is 0.0137. The standard InChI is InChI=1S/C25H50O2.C24H48O2/c1-4-5-6-7-8-9-10-11-12-13-14-15-16-17-18-19-20-23-27-25(26)22-21-24(2)3;1-4-5-6-7-8-9-10-11-12-13-14-15-16-17-18-19-22-26-24(25)21-20-23(2)3/h24H,4-23H2,1-3H3;23H,4-22H2,1-3H3. The summed E-state index contributed by atoms with van der Waals surface area (Å²) in [5, 5.41) is 0. The fraction of sp³-hybridized carbons (Fsp3) is 0.959. The summed E-state index contributed by atoms with van der Waals surface area (Å²) in [4.78, 5) is 23.0. The fourth-order valence-corrected chi connectivity index (χ4v) is 6.81. The SMILES string of the molecule is CCCCCCCCCCCCCCCCCCCOC(=O)CCC(C)C.CCCCCCCCCCCCCCCCCCOC(=O)CCC(C)C. The average molecular weight is 751 g/mol. The van der Waals surface area contributed by atoms with Gasteiger partial charge in [0.15, 0.2) is 0 Å². The Labute approximate surface area is 334 Å². The highest BCUT2D eigenvalue weighted by atomic mass is 16.5. The molecule has 0 aromatic carbocycles. The Morgan fingerprint density at radius 1 is 0.321 bits per heavy atom. The molecular weight excluding hydrogens is 653 g/mol. The van der Waals surface area contributed by atoms with Crippen LogP contribution in [-0.2, 0) is 19.1 Å². The summed E-state index contributed by atoms with van der Waals surface area (Å²) in [7, 11) is 0. The maximum Gasteiger partial charge on any atom is 0.305 e. The molecule has 0 aromatic rings. The lowest BCUT2D eigenvalue weighted by molar-refractivity contribution is -0.145. The first-order valence-electron chi connectivity index (χ1n) is 24.1. The fourth-order valence-electron chi connectivity index (χ4n) is 6.81. The molecule has 0 saturated carbocycles. The van der Waals surface area contributed by atoms with Crippen LogP contribution in [0, 0.1) is 11.8 Å². The predicted molar refractivity (Wildman–Crippen MR) is 234 cm³/mol. The van der Waals surface area contributed by atoms with Crippen LogP contribution < -0.4 is 0 Å². The van der Waals surface area contributed by atoms with E-state index in [9.17, 15) is 9.59 Å². The van der Waals surface area contributed by atoms with Crippen molar-refractivity contribution in [3.63, 3.8) is 0 Å². The van der Waals surface area contributed by atoms with Gasteiger partial charge in [-0.25, -0.2) is 0 Å². The van der Waals surface area contributed by atoms with E-state index in [0.29, 0.717) is 37.9 Å². The van der Waals surface area contributed by atoms with Gasteiger partial charge in [-0.05, 0) is 37.5 Å². The lowest BCUT2D eigenvalue weighted by Gasteiger charge is -2.06. The van der Waals surface area contributed by atoms with Gasteiger partial charge >= 0.3 is 11.9 Å². The largest absolute Gasteiger partial charge is 0.466 e. The number of hydrogen-bond acceptors (Lipinski definition) is 4. The van der Waals surface area contributed by atoms with Crippen LogP contribution in [0.15, 0.2) is 0 Å². The molecule has 4 nitrogen and oxygen atoms in total. The van der Waals surface area contributed by atoms with Crippen LogP contribution in [0.4, 0.5) is 0 Å². The first-order chi connectivity index (χ1) is 25.8. The van der Waals surface area contributed by atoms with Crippen molar-refractivity contribution in [2.75, 3.05) is 13.2 Å². The van der Waals surface area contributed by atoms with Gasteiger partial charge in [-0.15, -0.1) is 0 Å². The van der Waals surface area contributed by atoms with E-state index in [0.717, 1.165) is 25.7 Å². The van der Waals surface area contributed by atoms with Crippen molar-refractivity contribution >= 4 is 11.9 Å². The molecule has 0 aliphatic heterocycles. The van der Waals surface area contributed by atoms with Crippen molar-refractivity contribution in [3.8, 4) is 0 Å². The molecule has 0 unspecified atom stereocenters. The number of carbonyl (C=O) groups excluding carboxylic acids is 2. The molecule has 0 N–H and O–H groups in total. The third-order valence-electron chi connectivity index (χ3n) is 10.6. The first-order valence-corrected chi connectivity index (χ1v) is 24.1. The molecule has 4 heteroatoms. The summed E-state index contributed by atoms with van der Waals surface area (Å²) in [5.41, 5.74) is 0. The summed E-state index contributed by atoms with van der Waals surface area (Å²) in [6.07, 6.45) is 48.5. The number of esters is 2. The van der Waals surface area contributed by atoms with E-state index in [2.05, 4.69) is 41.5 Å². The Morgan fingerprint density at radius 3 is 0.698 bits per heavy atom. The second-order valence-electron chi connectivity index (χ2n) is 17.3. The van der Waals surface area contributed by atoms with Crippen molar-refractivity contribution in [3.05, 3.63) is 0 Å². The molecule has 53 heavy (non-hydrogen) atoms. The van der Waals surface area contributed by atoms with Crippen molar-refractivity contribution < 1.29 is 19.1 Å². The van der Waals surface area contributed by atoms with Crippen LogP contribution in [0.5, 0.6) is 0 Å². The summed E-state index contributed by atoms with van der Waals surface area (Å²) >= 11 is 0. The Bertz CT molecular complexity index is 703. The monoisotopic (exact) mass is 751 g/mol. The molecule has 0 spiro atoms. The van der Waals surface area contributed by atoms with E-state index in [1.807, 2.05) is 0 Å². The normalized spacial score (nSPS) is 11.2. The summed E-state index contributed by atoms with van der Waals surface area (Å²) in [6.45, 7) is 14.4. The van der Waals surface area contributed by atoms with Crippen LogP contribution in [0.3, 0.4) is 0 Å². The molecule has 0 radical (unpaired) electrons. The number of carbonyl (C=O) groups is 2. The average Bonchev–Trinajstić information content (AvgIpc) is 3.14. The maximum atomic E-state index is 11.5. The van der Waals surface area contributed by atoms with Gasteiger partial charge in [-0.1, -0.05) is 241 Å². The van der Waals surface area contributed by atoms with Gasteiger partial charge in [0.25, 0.3) is 0 Å². The zero-order valence-electron chi connectivity index (χ0n) is 37.4. The zero-order chi connectivity index (χ0) is 39.3. The molecular formula is C49H98O4. The Kier molecular flexibility index (Phi) is 48.0. The van der Waals surface area contributed by atoms with Crippen LogP contribution in [0.25, 0.3) is 0 Å². The zero-order valence-corrected chi connectivity index (χ0v) is 37.4. The van der Waals surface area contributed by atoms with Gasteiger partial charge in [-0.2, -0.15) is 0 Å². The molecule has 0 amide bonds. The molecule has 0 aliphatic rings. The quantitative estimate of drug-likeness (QED) is 0.0461. The van der Waals surface area contributed by atoms with Gasteiger partial charge in [-0.3, -0.25) is 9.59 Å². The Hall–Kier alpha value is -1.06. The van der Waals surface area contributed by atoms with Crippen molar-refractivity contribution in [2.24, 2.45) is 11.8 Å². The minimum atomic E-state index is -0.0142. The highest BCUT2D eigenvalue weighted by molar-refractivity contribution is 5.69. The van der Waals surface area contributed by atoms with E-state index < -0.39 is 0 Å². The van der Waals surface area contributed by atoms with E-state index >= 15 is 0 Å².